The number of likely N-dealkylation sites (N-methyl/N-ethyl adjacent to an activating group) is 1. The summed E-state index contributed by atoms with van der Waals surface area (Å²) in [6.45, 7) is 0. The minimum absolute atomic E-state index is 0.0565. The zero-order valence-corrected chi connectivity index (χ0v) is 15.2. The molecule has 0 saturated carbocycles. The van der Waals surface area contributed by atoms with E-state index < -0.39 is 23.7 Å². The Morgan fingerprint density at radius 2 is 2.14 bits per heavy atom. The van der Waals surface area contributed by atoms with Crippen molar-refractivity contribution in [2.24, 2.45) is 0 Å². The van der Waals surface area contributed by atoms with Crippen molar-refractivity contribution in [1.82, 2.24) is 14.8 Å². The maximum absolute atomic E-state index is 13.0. The summed E-state index contributed by atoms with van der Waals surface area (Å²) < 4.78 is 43.9. The van der Waals surface area contributed by atoms with Crippen molar-refractivity contribution >= 4 is 29.2 Å². The van der Waals surface area contributed by atoms with Crippen LogP contribution < -0.4 is 4.90 Å². The first kappa shape index (κ1) is 19.9. The van der Waals surface area contributed by atoms with Crippen LogP contribution >= 0.6 is 11.6 Å². The third-order valence-electron chi connectivity index (χ3n) is 4.17. The van der Waals surface area contributed by atoms with Crippen molar-refractivity contribution in [3.63, 3.8) is 0 Å². The molecule has 0 bridgehead atoms. The van der Waals surface area contributed by atoms with Gasteiger partial charge in [-0.05, 0) is 24.6 Å². The summed E-state index contributed by atoms with van der Waals surface area (Å²) in [6.07, 6.45) is 2.11. The first-order valence-corrected chi connectivity index (χ1v) is 8.43. The van der Waals surface area contributed by atoms with E-state index >= 15 is 0 Å². The monoisotopic (exact) mass is 414 g/mol. The topological polar surface area (TPSA) is 77.3 Å². The fraction of sp³-hybridized carbons (Fsp3) is 0.294. The largest absolute Gasteiger partial charge is 0.490 e. The van der Waals surface area contributed by atoms with Gasteiger partial charge < -0.3 is 9.64 Å². The Morgan fingerprint density at radius 3 is 2.71 bits per heavy atom. The van der Waals surface area contributed by atoms with E-state index in [-0.39, 0.29) is 23.7 Å². The Hall–Kier alpha value is -2.88. The maximum Gasteiger partial charge on any atom is 0.490 e. The molecule has 2 aromatic rings. The number of nitrogens with zero attached hydrogens (tertiary/aromatic N) is 4. The number of ether oxygens (including phenoxy) is 1. The van der Waals surface area contributed by atoms with E-state index in [1.807, 2.05) is 0 Å². The molecule has 1 amide bonds. The SMILES string of the molecule is CN(C(=O)C1(OC(=O)C(F)(F)F)C=CCC1)c1cn(-c2cccnc2)nc1Cl. The third kappa shape index (κ3) is 3.72. The van der Waals surface area contributed by atoms with E-state index in [0.717, 1.165) is 11.0 Å². The molecule has 7 nitrogen and oxygen atoms in total. The van der Waals surface area contributed by atoms with Crippen LogP contribution in [-0.2, 0) is 14.3 Å². The molecule has 0 aliphatic heterocycles. The van der Waals surface area contributed by atoms with Crippen LogP contribution in [0.4, 0.5) is 18.9 Å². The van der Waals surface area contributed by atoms with Crippen molar-refractivity contribution in [2.75, 3.05) is 11.9 Å². The van der Waals surface area contributed by atoms with Gasteiger partial charge in [0, 0.05) is 19.7 Å². The molecule has 1 aliphatic rings. The molecule has 148 valence electrons. The lowest BCUT2D eigenvalue weighted by molar-refractivity contribution is -0.210. The quantitative estimate of drug-likeness (QED) is 0.567. The number of allylic oxidation sites excluding steroid dienone is 1. The fourth-order valence-electron chi connectivity index (χ4n) is 2.77. The van der Waals surface area contributed by atoms with E-state index in [1.165, 1.54) is 30.2 Å². The number of rotatable bonds is 4. The molecule has 0 radical (unpaired) electrons. The number of esters is 1. The molecule has 0 saturated heterocycles. The summed E-state index contributed by atoms with van der Waals surface area (Å²) in [4.78, 5) is 29.3. The van der Waals surface area contributed by atoms with Crippen LogP contribution in [0.25, 0.3) is 5.69 Å². The molecule has 0 spiro atoms. The molecule has 1 unspecified atom stereocenters. The molecule has 1 aliphatic carbocycles. The van der Waals surface area contributed by atoms with E-state index in [2.05, 4.69) is 14.8 Å². The molecule has 0 fully saturated rings. The molecule has 3 rings (SSSR count). The summed E-state index contributed by atoms with van der Waals surface area (Å²) in [5.41, 5.74) is -1.35. The second-order valence-electron chi connectivity index (χ2n) is 6.04. The zero-order chi connectivity index (χ0) is 20.5. The number of hydrogen-bond acceptors (Lipinski definition) is 5. The van der Waals surface area contributed by atoms with Gasteiger partial charge in [-0.15, -0.1) is 0 Å². The summed E-state index contributed by atoms with van der Waals surface area (Å²) in [5, 5.41) is 4.02. The Balaban J connectivity index is 1.90. The maximum atomic E-state index is 13.0. The highest BCUT2D eigenvalue weighted by atomic mass is 35.5. The molecule has 1 atom stereocenters. The Morgan fingerprint density at radius 1 is 1.39 bits per heavy atom. The normalized spacial score (nSPS) is 18.9. The Labute approximate surface area is 162 Å². The number of amides is 1. The van der Waals surface area contributed by atoms with Gasteiger partial charge >= 0.3 is 12.1 Å². The highest BCUT2D eigenvalue weighted by Gasteiger charge is 2.51. The molecule has 0 N–H and O–H groups in total. The minimum atomic E-state index is -5.22. The summed E-state index contributed by atoms with van der Waals surface area (Å²) >= 11 is 6.11. The highest BCUT2D eigenvalue weighted by molar-refractivity contribution is 6.32. The van der Waals surface area contributed by atoms with Gasteiger partial charge in [-0.1, -0.05) is 17.7 Å². The van der Waals surface area contributed by atoms with Gasteiger partial charge in [-0.2, -0.15) is 18.3 Å². The fourth-order valence-corrected chi connectivity index (χ4v) is 3.03. The van der Waals surface area contributed by atoms with Crippen molar-refractivity contribution in [2.45, 2.75) is 24.6 Å². The number of carbonyl (C=O) groups excluding carboxylic acids is 2. The van der Waals surface area contributed by atoms with E-state index in [0.29, 0.717) is 5.69 Å². The summed E-state index contributed by atoms with van der Waals surface area (Å²) in [5.74, 6) is -3.30. The first-order chi connectivity index (χ1) is 13.1. The van der Waals surface area contributed by atoms with Gasteiger partial charge in [0.05, 0.1) is 18.1 Å². The van der Waals surface area contributed by atoms with E-state index in [4.69, 9.17) is 11.6 Å². The predicted octanol–water partition coefficient (Wildman–Crippen LogP) is 3.08. The number of pyridine rings is 1. The zero-order valence-electron chi connectivity index (χ0n) is 14.5. The van der Waals surface area contributed by atoms with E-state index in [9.17, 15) is 22.8 Å². The Bertz CT molecular complexity index is 929. The lowest BCUT2D eigenvalue weighted by atomic mass is 10.0. The smallest absolute Gasteiger partial charge is 0.438 e. The van der Waals surface area contributed by atoms with Crippen LogP contribution in [0, 0.1) is 0 Å². The molecule has 28 heavy (non-hydrogen) atoms. The lowest BCUT2D eigenvalue weighted by Crippen LogP contribution is -2.50. The highest BCUT2D eigenvalue weighted by Crippen LogP contribution is 2.35. The average molecular weight is 415 g/mol. The number of aromatic nitrogens is 3. The Kier molecular flexibility index (Phi) is 5.16. The number of halogens is 4. The van der Waals surface area contributed by atoms with Crippen molar-refractivity contribution in [3.8, 4) is 5.69 Å². The number of hydrogen-bond donors (Lipinski definition) is 0. The summed E-state index contributed by atoms with van der Waals surface area (Å²) in [7, 11) is 1.31. The third-order valence-corrected chi connectivity index (χ3v) is 4.43. The molecule has 0 aromatic carbocycles. The van der Waals surface area contributed by atoms with Crippen LogP contribution in [0.5, 0.6) is 0 Å². The van der Waals surface area contributed by atoms with Gasteiger partial charge in [0.15, 0.2) is 5.15 Å². The van der Waals surface area contributed by atoms with Gasteiger partial charge in [0.1, 0.15) is 5.69 Å². The molecule has 11 heteroatoms. The second kappa shape index (κ2) is 7.27. The minimum Gasteiger partial charge on any atom is -0.438 e. The molecular formula is C17H14ClF3N4O3. The summed E-state index contributed by atoms with van der Waals surface area (Å²) in [6, 6.07) is 3.38. The standard InChI is InChI=1S/C17H14ClF3N4O3/c1-24(12-10-25(23-13(12)18)11-5-4-8-22-9-11)14(26)16(6-2-3-7-16)28-15(27)17(19,20)21/h2,4-6,8-10H,3,7H2,1H3. The van der Waals surface area contributed by atoms with Gasteiger partial charge in [0.2, 0.25) is 5.60 Å². The van der Waals surface area contributed by atoms with Crippen LogP contribution in [-0.4, -0.2) is 45.5 Å². The van der Waals surface area contributed by atoms with Crippen molar-refractivity contribution in [1.29, 1.82) is 0 Å². The van der Waals surface area contributed by atoms with Gasteiger partial charge in [-0.3, -0.25) is 9.78 Å². The number of anilines is 1. The van der Waals surface area contributed by atoms with Crippen molar-refractivity contribution in [3.05, 3.63) is 48.0 Å². The lowest BCUT2D eigenvalue weighted by Gasteiger charge is -2.30. The van der Waals surface area contributed by atoms with Crippen LogP contribution in [0.1, 0.15) is 12.8 Å². The second-order valence-corrected chi connectivity index (χ2v) is 6.40. The average Bonchev–Trinajstić information content (AvgIpc) is 3.28. The molecule has 2 aromatic heterocycles. The number of alkyl halides is 3. The van der Waals surface area contributed by atoms with Gasteiger partial charge in [0.25, 0.3) is 5.91 Å². The van der Waals surface area contributed by atoms with Crippen molar-refractivity contribution < 1.29 is 27.5 Å². The number of carbonyl (C=O) groups is 2. The van der Waals surface area contributed by atoms with E-state index in [1.54, 1.807) is 18.3 Å². The van der Waals surface area contributed by atoms with Crippen LogP contribution in [0.2, 0.25) is 5.15 Å². The molecule has 2 heterocycles. The van der Waals surface area contributed by atoms with Crippen LogP contribution in [0.3, 0.4) is 0 Å². The predicted molar refractivity (Wildman–Crippen MR) is 93.0 cm³/mol. The first-order valence-electron chi connectivity index (χ1n) is 8.06. The molecular weight excluding hydrogens is 401 g/mol. The van der Waals surface area contributed by atoms with Crippen LogP contribution in [0.15, 0.2) is 42.9 Å². The van der Waals surface area contributed by atoms with Gasteiger partial charge in [-0.25, -0.2) is 9.48 Å².